The molecule has 2 heteroatoms. The third-order valence-electron chi connectivity index (χ3n) is 3.13. The maximum atomic E-state index is 3.38. The Kier molecular flexibility index (Phi) is 3.65. The molecule has 2 N–H and O–H groups in total. The summed E-state index contributed by atoms with van der Waals surface area (Å²) >= 11 is 0. The number of allylic oxidation sites excluding steroid dienone is 4. The van der Waals surface area contributed by atoms with Gasteiger partial charge in [-0.05, 0) is 24.3 Å². The molecule has 0 unspecified atom stereocenters. The fourth-order valence-electron chi connectivity index (χ4n) is 2.21. The lowest BCUT2D eigenvalue weighted by Gasteiger charge is -1.87. The summed E-state index contributed by atoms with van der Waals surface area (Å²) in [6, 6.07) is 16.8. The zero-order chi connectivity index (χ0) is 13.6. The number of nitrogens with one attached hydrogen (secondary N) is 2. The van der Waals surface area contributed by atoms with Gasteiger partial charge in [-0.15, -0.1) is 0 Å². The van der Waals surface area contributed by atoms with Gasteiger partial charge in [-0.3, -0.25) is 0 Å². The predicted molar refractivity (Wildman–Crippen MR) is 86.4 cm³/mol. The van der Waals surface area contributed by atoms with Gasteiger partial charge in [-0.25, -0.2) is 0 Å². The van der Waals surface area contributed by atoms with Crippen molar-refractivity contribution in [2.75, 3.05) is 0 Å². The van der Waals surface area contributed by atoms with E-state index >= 15 is 0 Å². The minimum atomic E-state index is 1.21. The van der Waals surface area contributed by atoms with Gasteiger partial charge < -0.3 is 10.3 Å². The van der Waals surface area contributed by atoms with Crippen molar-refractivity contribution in [1.29, 1.82) is 0 Å². The van der Waals surface area contributed by atoms with Crippen LogP contribution in [0, 0.1) is 0 Å². The first-order valence-corrected chi connectivity index (χ1v) is 6.65. The highest BCUT2D eigenvalue weighted by molar-refractivity contribution is 6.06. The van der Waals surface area contributed by atoms with E-state index in [-0.39, 0.29) is 0 Å². The quantitative estimate of drug-likeness (QED) is 0.612. The number of benzene rings is 2. The van der Waals surface area contributed by atoms with Gasteiger partial charge in [-0.2, -0.15) is 0 Å². The Hall–Kier alpha value is -2.74. The zero-order valence-electron chi connectivity index (χ0n) is 11.1. The van der Waals surface area contributed by atoms with Gasteiger partial charge in [0, 0.05) is 34.2 Å². The van der Waals surface area contributed by atoms with Crippen LogP contribution in [0.15, 0.2) is 85.2 Å². The van der Waals surface area contributed by atoms with E-state index in [1.807, 2.05) is 36.7 Å². The van der Waals surface area contributed by atoms with Gasteiger partial charge in [0.1, 0.15) is 0 Å². The van der Waals surface area contributed by atoms with Crippen molar-refractivity contribution in [3.63, 3.8) is 0 Å². The standard InChI is InChI=1S/C12H9N.C6H7N/c1-3-7-11-9(5-1)10-6-2-4-8-12(10)13-11;1-2-4-6-7-5-3-1/h1-8,13H;1-7H. The summed E-state index contributed by atoms with van der Waals surface area (Å²) in [4.78, 5) is 3.38. The second-order valence-corrected chi connectivity index (χ2v) is 4.49. The van der Waals surface area contributed by atoms with Crippen molar-refractivity contribution >= 4 is 21.8 Å². The lowest BCUT2D eigenvalue weighted by Crippen LogP contribution is -1.87. The molecular formula is C18H16N2. The van der Waals surface area contributed by atoms with Crippen LogP contribution in [0.1, 0.15) is 0 Å². The molecule has 0 saturated heterocycles. The molecule has 1 aliphatic heterocycles. The highest BCUT2D eigenvalue weighted by Crippen LogP contribution is 2.24. The molecule has 2 aromatic carbocycles. The minimum Gasteiger partial charge on any atom is -0.368 e. The second-order valence-electron chi connectivity index (χ2n) is 4.49. The summed E-state index contributed by atoms with van der Waals surface area (Å²) in [6.45, 7) is 0. The van der Waals surface area contributed by atoms with Gasteiger partial charge in [0.15, 0.2) is 0 Å². The van der Waals surface area contributed by atoms with E-state index in [1.54, 1.807) is 0 Å². The molecule has 0 spiro atoms. The molecule has 0 aliphatic carbocycles. The molecule has 0 fully saturated rings. The van der Waals surface area contributed by atoms with Gasteiger partial charge >= 0.3 is 0 Å². The first kappa shape index (κ1) is 12.3. The molecule has 0 radical (unpaired) electrons. The molecule has 4 rings (SSSR count). The Labute approximate surface area is 118 Å². The van der Waals surface area contributed by atoms with Crippen molar-refractivity contribution in [3.8, 4) is 0 Å². The summed E-state index contributed by atoms with van der Waals surface area (Å²) in [5.41, 5.74) is 2.42. The Morgan fingerprint density at radius 2 is 1.05 bits per heavy atom. The number of rotatable bonds is 0. The SMILES string of the molecule is C1=CC=CNC=C1.c1ccc2c(c1)[nH]c1ccccc12. The molecule has 2 heterocycles. The number of aromatic nitrogens is 1. The molecule has 1 aromatic heterocycles. The number of hydrogen-bond acceptors (Lipinski definition) is 1. The molecule has 0 atom stereocenters. The average Bonchev–Trinajstić information content (AvgIpc) is 2.68. The molecule has 2 nitrogen and oxygen atoms in total. The van der Waals surface area contributed by atoms with Crippen molar-refractivity contribution in [1.82, 2.24) is 10.3 Å². The molecular weight excluding hydrogens is 244 g/mol. The van der Waals surface area contributed by atoms with Crippen LogP contribution >= 0.6 is 0 Å². The highest BCUT2D eigenvalue weighted by Gasteiger charge is 2.00. The molecule has 1 aliphatic rings. The van der Waals surface area contributed by atoms with Crippen LogP contribution in [0.3, 0.4) is 0 Å². The normalized spacial score (nSPS) is 12.8. The van der Waals surface area contributed by atoms with Crippen LogP contribution in [-0.4, -0.2) is 4.98 Å². The predicted octanol–water partition coefficient (Wildman–Crippen LogP) is 4.49. The highest BCUT2D eigenvalue weighted by atomic mass is 14.8. The maximum absolute atomic E-state index is 3.38. The van der Waals surface area contributed by atoms with E-state index in [0.717, 1.165) is 0 Å². The van der Waals surface area contributed by atoms with E-state index in [1.165, 1.54) is 21.8 Å². The average molecular weight is 260 g/mol. The monoisotopic (exact) mass is 260 g/mol. The van der Waals surface area contributed by atoms with Crippen LogP contribution in [0.25, 0.3) is 21.8 Å². The minimum absolute atomic E-state index is 1.21. The Morgan fingerprint density at radius 1 is 0.550 bits per heavy atom. The molecule has 20 heavy (non-hydrogen) atoms. The Balaban J connectivity index is 0.000000147. The van der Waals surface area contributed by atoms with Crippen molar-refractivity contribution in [3.05, 3.63) is 85.2 Å². The van der Waals surface area contributed by atoms with Crippen molar-refractivity contribution in [2.45, 2.75) is 0 Å². The van der Waals surface area contributed by atoms with E-state index < -0.39 is 0 Å². The summed E-state index contributed by atoms with van der Waals surface area (Å²) in [7, 11) is 0. The number of H-pyrrole nitrogens is 1. The van der Waals surface area contributed by atoms with Crippen molar-refractivity contribution < 1.29 is 0 Å². The number of para-hydroxylation sites is 2. The lowest BCUT2D eigenvalue weighted by atomic mass is 10.2. The van der Waals surface area contributed by atoms with Gasteiger partial charge in [0.25, 0.3) is 0 Å². The number of hydrogen-bond donors (Lipinski definition) is 2. The van der Waals surface area contributed by atoms with Crippen LogP contribution < -0.4 is 5.32 Å². The van der Waals surface area contributed by atoms with E-state index in [2.05, 4.69) is 58.8 Å². The molecule has 3 aromatic rings. The first-order chi connectivity index (χ1) is 9.95. The summed E-state index contributed by atoms with van der Waals surface area (Å²) in [5.74, 6) is 0. The van der Waals surface area contributed by atoms with Crippen LogP contribution in [0.2, 0.25) is 0 Å². The zero-order valence-corrected chi connectivity index (χ0v) is 11.1. The third-order valence-corrected chi connectivity index (χ3v) is 3.13. The topological polar surface area (TPSA) is 27.8 Å². The van der Waals surface area contributed by atoms with Crippen LogP contribution in [0.5, 0.6) is 0 Å². The van der Waals surface area contributed by atoms with Gasteiger partial charge in [-0.1, -0.05) is 48.6 Å². The molecule has 98 valence electrons. The largest absolute Gasteiger partial charge is 0.368 e. The Bertz CT molecular complexity index is 727. The van der Waals surface area contributed by atoms with Crippen LogP contribution in [0.4, 0.5) is 0 Å². The van der Waals surface area contributed by atoms with E-state index in [0.29, 0.717) is 0 Å². The summed E-state index contributed by atoms with van der Waals surface area (Å²) < 4.78 is 0. The van der Waals surface area contributed by atoms with Gasteiger partial charge in [0.2, 0.25) is 0 Å². The molecule has 0 bridgehead atoms. The van der Waals surface area contributed by atoms with E-state index in [9.17, 15) is 0 Å². The fraction of sp³-hybridized carbons (Fsp3) is 0. The lowest BCUT2D eigenvalue weighted by molar-refractivity contribution is 1.20. The number of aromatic amines is 1. The molecule has 0 amide bonds. The number of fused-ring (bicyclic) bond motifs is 3. The smallest absolute Gasteiger partial charge is 0.0464 e. The van der Waals surface area contributed by atoms with E-state index in [4.69, 9.17) is 0 Å². The third kappa shape index (κ3) is 2.64. The fourth-order valence-corrected chi connectivity index (χ4v) is 2.21. The second kappa shape index (κ2) is 5.93. The first-order valence-electron chi connectivity index (χ1n) is 6.65. The van der Waals surface area contributed by atoms with Crippen molar-refractivity contribution in [2.24, 2.45) is 0 Å². The summed E-state index contributed by atoms with van der Waals surface area (Å²) in [6.07, 6.45) is 11.6. The molecule has 0 saturated carbocycles. The maximum Gasteiger partial charge on any atom is 0.0464 e. The van der Waals surface area contributed by atoms with Gasteiger partial charge in [0.05, 0.1) is 0 Å². The van der Waals surface area contributed by atoms with Crippen LogP contribution in [-0.2, 0) is 0 Å². The summed E-state index contributed by atoms with van der Waals surface area (Å²) in [5, 5.41) is 5.53. The Morgan fingerprint density at radius 3 is 1.60 bits per heavy atom.